The minimum Gasteiger partial charge on any atom is -0.378 e. The number of nitrogens with two attached hydrogens (primary N) is 1. The van der Waals surface area contributed by atoms with Gasteiger partial charge >= 0.3 is 0 Å². The van der Waals surface area contributed by atoms with Crippen LogP contribution < -0.4 is 11.1 Å². The van der Waals surface area contributed by atoms with Gasteiger partial charge in [-0.05, 0) is 17.7 Å². The molecule has 1 heterocycles. The standard InChI is InChI=1S/C13H19N3O4S/c1-15-13(17)12-9-20-6-5-16(12)21(18,19)11-4-2-3-10(7-11)8-14/h2-4,7,12H,5-6,8-9,14H2,1H3,(H,15,17). The fourth-order valence-electron chi connectivity index (χ4n) is 2.22. The maximum Gasteiger partial charge on any atom is 0.243 e. The van der Waals surface area contributed by atoms with E-state index in [1.165, 1.54) is 23.5 Å². The van der Waals surface area contributed by atoms with E-state index in [9.17, 15) is 13.2 Å². The molecule has 1 fully saturated rings. The van der Waals surface area contributed by atoms with Gasteiger partial charge in [0.2, 0.25) is 15.9 Å². The lowest BCUT2D eigenvalue weighted by atomic mass is 10.2. The van der Waals surface area contributed by atoms with Gasteiger partial charge in [0.1, 0.15) is 6.04 Å². The number of amides is 1. The van der Waals surface area contributed by atoms with Crippen LogP contribution in [0, 0.1) is 0 Å². The Labute approximate surface area is 124 Å². The Morgan fingerprint density at radius 1 is 1.52 bits per heavy atom. The molecule has 1 aromatic carbocycles. The average molecular weight is 313 g/mol. The fraction of sp³-hybridized carbons (Fsp3) is 0.462. The summed E-state index contributed by atoms with van der Waals surface area (Å²) in [6.07, 6.45) is 0. The molecule has 0 aromatic heterocycles. The first-order chi connectivity index (χ1) is 10.0. The number of hydrogen-bond donors (Lipinski definition) is 2. The molecule has 7 nitrogen and oxygen atoms in total. The zero-order valence-corrected chi connectivity index (χ0v) is 12.6. The molecule has 116 valence electrons. The zero-order chi connectivity index (χ0) is 15.5. The van der Waals surface area contributed by atoms with Crippen molar-refractivity contribution >= 4 is 15.9 Å². The first kappa shape index (κ1) is 15.9. The maximum absolute atomic E-state index is 12.7. The molecule has 8 heteroatoms. The molecule has 3 N–H and O–H groups in total. The molecule has 0 spiro atoms. The maximum atomic E-state index is 12.7. The van der Waals surface area contributed by atoms with Gasteiger partial charge in [0.05, 0.1) is 18.1 Å². The summed E-state index contributed by atoms with van der Waals surface area (Å²) in [5.74, 6) is -0.381. The van der Waals surface area contributed by atoms with Crippen LogP contribution in [0.15, 0.2) is 29.2 Å². The summed E-state index contributed by atoms with van der Waals surface area (Å²) in [5.41, 5.74) is 6.27. The molecule has 0 bridgehead atoms. The second-order valence-corrected chi connectivity index (χ2v) is 6.56. The number of ether oxygens (including phenoxy) is 1. The average Bonchev–Trinajstić information content (AvgIpc) is 2.54. The highest BCUT2D eigenvalue weighted by molar-refractivity contribution is 7.89. The van der Waals surface area contributed by atoms with Crippen molar-refractivity contribution < 1.29 is 17.9 Å². The summed E-state index contributed by atoms with van der Waals surface area (Å²) in [4.78, 5) is 12.0. The van der Waals surface area contributed by atoms with Crippen LogP contribution in [0.2, 0.25) is 0 Å². The van der Waals surface area contributed by atoms with Crippen molar-refractivity contribution in [1.29, 1.82) is 0 Å². The summed E-state index contributed by atoms with van der Waals surface area (Å²) < 4.78 is 31.9. The number of benzene rings is 1. The molecule has 21 heavy (non-hydrogen) atoms. The second kappa shape index (κ2) is 6.52. The Morgan fingerprint density at radius 2 is 2.29 bits per heavy atom. The first-order valence-corrected chi connectivity index (χ1v) is 8.05. The molecule has 0 saturated carbocycles. The molecule has 1 aliphatic heterocycles. The van der Waals surface area contributed by atoms with E-state index >= 15 is 0 Å². The van der Waals surface area contributed by atoms with E-state index in [4.69, 9.17) is 10.5 Å². The molecule has 1 saturated heterocycles. The number of nitrogens with one attached hydrogen (secondary N) is 1. The fourth-order valence-corrected chi connectivity index (χ4v) is 3.85. The van der Waals surface area contributed by atoms with E-state index in [-0.39, 0.29) is 37.1 Å². The summed E-state index contributed by atoms with van der Waals surface area (Å²) >= 11 is 0. The van der Waals surface area contributed by atoms with E-state index in [1.807, 2.05) is 0 Å². The molecule has 1 atom stereocenters. The topological polar surface area (TPSA) is 102 Å². The van der Waals surface area contributed by atoms with Gasteiger partial charge in [-0.25, -0.2) is 8.42 Å². The van der Waals surface area contributed by atoms with Crippen molar-refractivity contribution in [2.75, 3.05) is 26.8 Å². The molecule has 1 aliphatic rings. The predicted molar refractivity (Wildman–Crippen MR) is 76.9 cm³/mol. The van der Waals surface area contributed by atoms with Gasteiger partial charge in [-0.3, -0.25) is 4.79 Å². The van der Waals surface area contributed by atoms with Crippen molar-refractivity contribution in [2.45, 2.75) is 17.5 Å². The van der Waals surface area contributed by atoms with Crippen LogP contribution >= 0.6 is 0 Å². The first-order valence-electron chi connectivity index (χ1n) is 6.61. The van der Waals surface area contributed by atoms with Crippen LogP contribution in [0.5, 0.6) is 0 Å². The van der Waals surface area contributed by atoms with Gasteiger partial charge in [-0.15, -0.1) is 0 Å². The highest BCUT2D eigenvalue weighted by Crippen LogP contribution is 2.21. The Balaban J connectivity index is 2.38. The monoisotopic (exact) mass is 313 g/mol. The summed E-state index contributed by atoms with van der Waals surface area (Å²) in [6, 6.07) is 5.59. The SMILES string of the molecule is CNC(=O)C1COCCN1S(=O)(=O)c1cccc(CN)c1. The van der Waals surface area contributed by atoms with Crippen LogP contribution in [0.3, 0.4) is 0 Å². The number of rotatable bonds is 4. The third kappa shape index (κ3) is 3.24. The van der Waals surface area contributed by atoms with Gasteiger partial charge in [-0.1, -0.05) is 12.1 Å². The number of sulfonamides is 1. The quantitative estimate of drug-likeness (QED) is 0.764. The summed E-state index contributed by atoms with van der Waals surface area (Å²) in [7, 11) is -2.29. The van der Waals surface area contributed by atoms with E-state index in [0.29, 0.717) is 0 Å². The normalized spacial score (nSPS) is 20.2. The van der Waals surface area contributed by atoms with Crippen molar-refractivity contribution in [2.24, 2.45) is 5.73 Å². The number of nitrogens with zero attached hydrogens (tertiary/aromatic N) is 1. The molecule has 0 aliphatic carbocycles. The molecular formula is C13H19N3O4S. The van der Waals surface area contributed by atoms with Gasteiger partial charge in [-0.2, -0.15) is 4.31 Å². The predicted octanol–water partition coefficient (Wildman–Crippen LogP) is -0.719. The van der Waals surface area contributed by atoms with Crippen molar-refractivity contribution in [3.63, 3.8) is 0 Å². The summed E-state index contributed by atoms with van der Waals surface area (Å²) in [6.45, 7) is 0.720. The van der Waals surface area contributed by atoms with Crippen LogP contribution in [0.4, 0.5) is 0 Å². The number of morpholine rings is 1. The second-order valence-electron chi connectivity index (χ2n) is 4.67. The molecule has 2 rings (SSSR count). The van der Waals surface area contributed by atoms with Crippen molar-refractivity contribution in [3.8, 4) is 0 Å². The Kier molecular flexibility index (Phi) is 4.94. The zero-order valence-electron chi connectivity index (χ0n) is 11.8. The van der Waals surface area contributed by atoms with Crippen LogP contribution in [0.25, 0.3) is 0 Å². The van der Waals surface area contributed by atoms with Crippen molar-refractivity contribution in [3.05, 3.63) is 29.8 Å². The lowest BCUT2D eigenvalue weighted by molar-refractivity contribution is -0.128. The molecule has 0 radical (unpaired) electrons. The van der Waals surface area contributed by atoms with Gasteiger partial charge in [0.25, 0.3) is 0 Å². The minimum absolute atomic E-state index is 0.0511. The molecule has 1 amide bonds. The van der Waals surface area contributed by atoms with Crippen LogP contribution in [-0.2, 0) is 26.1 Å². The largest absolute Gasteiger partial charge is 0.378 e. The van der Waals surface area contributed by atoms with E-state index in [0.717, 1.165) is 5.56 Å². The molecular weight excluding hydrogens is 294 g/mol. The summed E-state index contributed by atoms with van der Waals surface area (Å²) in [5, 5.41) is 2.47. The highest BCUT2D eigenvalue weighted by Gasteiger charge is 2.37. The van der Waals surface area contributed by atoms with Gasteiger partial charge < -0.3 is 15.8 Å². The van der Waals surface area contributed by atoms with Crippen molar-refractivity contribution in [1.82, 2.24) is 9.62 Å². The van der Waals surface area contributed by atoms with E-state index in [2.05, 4.69) is 5.32 Å². The number of hydrogen-bond acceptors (Lipinski definition) is 5. The Hall–Kier alpha value is -1.48. The Morgan fingerprint density at radius 3 is 2.95 bits per heavy atom. The number of carbonyl (C=O) groups is 1. The van der Waals surface area contributed by atoms with Crippen LogP contribution in [-0.4, -0.2) is 51.5 Å². The van der Waals surface area contributed by atoms with E-state index < -0.39 is 16.1 Å². The molecule has 1 unspecified atom stereocenters. The van der Waals surface area contributed by atoms with Gasteiger partial charge in [0.15, 0.2) is 0 Å². The van der Waals surface area contributed by atoms with Gasteiger partial charge in [0, 0.05) is 20.1 Å². The number of likely N-dealkylation sites (N-methyl/N-ethyl adjacent to an activating group) is 1. The third-order valence-corrected chi connectivity index (χ3v) is 5.27. The highest BCUT2D eigenvalue weighted by atomic mass is 32.2. The number of carbonyl (C=O) groups excluding carboxylic acids is 1. The van der Waals surface area contributed by atoms with Crippen LogP contribution in [0.1, 0.15) is 5.56 Å². The lowest BCUT2D eigenvalue weighted by Crippen LogP contribution is -2.55. The smallest absolute Gasteiger partial charge is 0.243 e. The third-order valence-electron chi connectivity index (χ3n) is 3.37. The lowest BCUT2D eigenvalue weighted by Gasteiger charge is -2.33. The van der Waals surface area contributed by atoms with E-state index in [1.54, 1.807) is 12.1 Å². The molecule has 1 aromatic rings. The minimum atomic E-state index is -3.76. The Bertz CT molecular complexity index is 618.